The molecule has 0 aliphatic heterocycles. The smallest absolute Gasteiger partial charge is 0.250 e. The SMILES string of the molecule is NC(=O)c1ccccc1NC(=O)CCc1c[nH]c2ccccc12. The fourth-order valence-electron chi connectivity index (χ4n) is 2.61. The molecule has 0 radical (unpaired) electrons. The molecule has 0 atom stereocenters. The molecule has 0 fully saturated rings. The van der Waals surface area contributed by atoms with E-state index in [0.717, 1.165) is 16.5 Å². The van der Waals surface area contributed by atoms with Gasteiger partial charge in [-0.05, 0) is 30.2 Å². The van der Waals surface area contributed by atoms with E-state index in [4.69, 9.17) is 5.73 Å². The van der Waals surface area contributed by atoms with Gasteiger partial charge in [-0.3, -0.25) is 9.59 Å². The van der Waals surface area contributed by atoms with E-state index in [1.54, 1.807) is 24.3 Å². The molecule has 0 spiro atoms. The molecule has 0 aliphatic rings. The summed E-state index contributed by atoms with van der Waals surface area (Å²) in [7, 11) is 0. The number of amides is 2. The fourth-order valence-corrected chi connectivity index (χ4v) is 2.61. The summed E-state index contributed by atoms with van der Waals surface area (Å²) < 4.78 is 0. The van der Waals surface area contributed by atoms with Crippen LogP contribution in [0.2, 0.25) is 0 Å². The van der Waals surface area contributed by atoms with Gasteiger partial charge in [0, 0.05) is 23.5 Å². The number of aromatic amines is 1. The Morgan fingerprint density at radius 3 is 2.61 bits per heavy atom. The fraction of sp³-hybridized carbons (Fsp3) is 0.111. The van der Waals surface area contributed by atoms with Crippen molar-refractivity contribution in [1.82, 2.24) is 4.98 Å². The lowest BCUT2D eigenvalue weighted by Crippen LogP contribution is -2.18. The molecule has 0 bridgehead atoms. The van der Waals surface area contributed by atoms with Gasteiger partial charge in [-0.25, -0.2) is 0 Å². The molecular weight excluding hydrogens is 290 g/mol. The topological polar surface area (TPSA) is 88.0 Å². The molecule has 23 heavy (non-hydrogen) atoms. The van der Waals surface area contributed by atoms with Crippen LogP contribution >= 0.6 is 0 Å². The number of anilines is 1. The normalized spacial score (nSPS) is 10.6. The maximum Gasteiger partial charge on any atom is 0.250 e. The average Bonchev–Trinajstić information content (AvgIpc) is 2.96. The number of nitrogens with one attached hydrogen (secondary N) is 2. The number of primary amides is 1. The van der Waals surface area contributed by atoms with Gasteiger partial charge in [-0.1, -0.05) is 30.3 Å². The van der Waals surface area contributed by atoms with Crippen molar-refractivity contribution in [2.75, 3.05) is 5.32 Å². The van der Waals surface area contributed by atoms with Crippen LogP contribution in [0.3, 0.4) is 0 Å². The molecule has 2 aromatic carbocycles. The third-order valence-corrected chi connectivity index (χ3v) is 3.76. The highest BCUT2D eigenvalue weighted by molar-refractivity contribution is 6.03. The summed E-state index contributed by atoms with van der Waals surface area (Å²) in [5, 5.41) is 3.88. The van der Waals surface area contributed by atoms with E-state index in [1.165, 1.54) is 0 Å². The molecule has 1 aromatic heterocycles. The minimum absolute atomic E-state index is 0.149. The zero-order valence-corrected chi connectivity index (χ0v) is 12.5. The summed E-state index contributed by atoms with van der Waals surface area (Å²) in [6, 6.07) is 14.7. The van der Waals surface area contributed by atoms with Crippen molar-refractivity contribution in [3.8, 4) is 0 Å². The van der Waals surface area contributed by atoms with E-state index in [0.29, 0.717) is 24.1 Å². The highest BCUT2D eigenvalue weighted by atomic mass is 16.2. The van der Waals surface area contributed by atoms with Crippen LogP contribution < -0.4 is 11.1 Å². The molecule has 5 nitrogen and oxygen atoms in total. The van der Waals surface area contributed by atoms with Crippen LogP contribution in [0.4, 0.5) is 5.69 Å². The molecule has 2 amide bonds. The third kappa shape index (κ3) is 3.23. The summed E-state index contributed by atoms with van der Waals surface area (Å²) in [5.41, 5.74) is 8.22. The van der Waals surface area contributed by atoms with Crippen LogP contribution in [0.5, 0.6) is 0 Å². The minimum atomic E-state index is -0.558. The summed E-state index contributed by atoms with van der Waals surface area (Å²) in [4.78, 5) is 26.7. The molecular formula is C18H17N3O2. The number of hydrogen-bond donors (Lipinski definition) is 3. The first-order chi connectivity index (χ1) is 11.1. The van der Waals surface area contributed by atoms with Gasteiger partial charge in [0.1, 0.15) is 0 Å². The Kier molecular flexibility index (Phi) is 4.10. The standard InChI is InChI=1S/C18H17N3O2/c19-18(23)14-6-2-4-8-16(14)21-17(22)10-9-12-11-20-15-7-3-1-5-13(12)15/h1-8,11,20H,9-10H2,(H2,19,23)(H,21,22). The first-order valence-corrected chi connectivity index (χ1v) is 7.39. The number of carbonyl (C=O) groups is 2. The number of fused-ring (bicyclic) bond motifs is 1. The van der Waals surface area contributed by atoms with Crippen molar-refractivity contribution in [1.29, 1.82) is 0 Å². The largest absolute Gasteiger partial charge is 0.366 e. The number of para-hydroxylation sites is 2. The molecule has 0 saturated heterocycles. The van der Waals surface area contributed by atoms with Crippen molar-refractivity contribution in [3.05, 3.63) is 65.9 Å². The van der Waals surface area contributed by atoms with E-state index < -0.39 is 5.91 Å². The quantitative estimate of drug-likeness (QED) is 0.676. The lowest BCUT2D eigenvalue weighted by Gasteiger charge is -2.08. The van der Waals surface area contributed by atoms with Crippen molar-refractivity contribution in [2.24, 2.45) is 5.73 Å². The van der Waals surface area contributed by atoms with Crippen LogP contribution in [0.15, 0.2) is 54.7 Å². The van der Waals surface area contributed by atoms with Crippen molar-refractivity contribution >= 4 is 28.4 Å². The predicted octanol–water partition coefficient (Wildman–Crippen LogP) is 2.84. The number of benzene rings is 2. The Bertz CT molecular complexity index is 867. The van der Waals surface area contributed by atoms with Crippen LogP contribution in [-0.2, 0) is 11.2 Å². The van der Waals surface area contributed by atoms with Crippen molar-refractivity contribution in [2.45, 2.75) is 12.8 Å². The van der Waals surface area contributed by atoms with E-state index in [9.17, 15) is 9.59 Å². The van der Waals surface area contributed by atoms with E-state index >= 15 is 0 Å². The monoisotopic (exact) mass is 307 g/mol. The van der Waals surface area contributed by atoms with Crippen molar-refractivity contribution in [3.63, 3.8) is 0 Å². The Morgan fingerprint density at radius 1 is 1.04 bits per heavy atom. The Balaban J connectivity index is 1.68. The predicted molar refractivity (Wildman–Crippen MR) is 90.2 cm³/mol. The number of aryl methyl sites for hydroxylation is 1. The van der Waals surface area contributed by atoms with Gasteiger partial charge in [-0.2, -0.15) is 0 Å². The maximum atomic E-state index is 12.1. The molecule has 0 saturated carbocycles. The Morgan fingerprint density at radius 2 is 1.78 bits per heavy atom. The van der Waals surface area contributed by atoms with E-state index in [1.807, 2.05) is 30.5 Å². The zero-order valence-electron chi connectivity index (χ0n) is 12.5. The van der Waals surface area contributed by atoms with Crippen LogP contribution in [0, 0.1) is 0 Å². The van der Waals surface area contributed by atoms with Crippen LogP contribution in [0.25, 0.3) is 10.9 Å². The molecule has 4 N–H and O–H groups in total. The van der Waals surface area contributed by atoms with Gasteiger partial charge in [0.15, 0.2) is 0 Å². The summed E-state index contributed by atoms with van der Waals surface area (Å²) in [5.74, 6) is -0.707. The number of aromatic nitrogens is 1. The molecule has 5 heteroatoms. The highest BCUT2D eigenvalue weighted by Crippen LogP contribution is 2.20. The van der Waals surface area contributed by atoms with Gasteiger partial charge in [0.2, 0.25) is 5.91 Å². The van der Waals surface area contributed by atoms with Crippen LogP contribution in [-0.4, -0.2) is 16.8 Å². The lowest BCUT2D eigenvalue weighted by atomic mass is 10.1. The average molecular weight is 307 g/mol. The second-order valence-corrected chi connectivity index (χ2v) is 5.32. The number of H-pyrrole nitrogens is 1. The number of hydrogen-bond acceptors (Lipinski definition) is 2. The Labute approximate surface area is 133 Å². The van der Waals surface area contributed by atoms with Gasteiger partial charge in [0.05, 0.1) is 11.3 Å². The lowest BCUT2D eigenvalue weighted by molar-refractivity contribution is -0.116. The summed E-state index contributed by atoms with van der Waals surface area (Å²) in [6.45, 7) is 0. The van der Waals surface area contributed by atoms with Gasteiger partial charge >= 0.3 is 0 Å². The minimum Gasteiger partial charge on any atom is -0.366 e. The van der Waals surface area contributed by atoms with E-state index in [2.05, 4.69) is 10.3 Å². The second kappa shape index (κ2) is 6.36. The zero-order chi connectivity index (χ0) is 16.2. The second-order valence-electron chi connectivity index (χ2n) is 5.32. The van der Waals surface area contributed by atoms with Crippen molar-refractivity contribution < 1.29 is 9.59 Å². The molecule has 0 unspecified atom stereocenters. The molecule has 3 aromatic rings. The number of carbonyl (C=O) groups excluding carboxylic acids is 2. The highest BCUT2D eigenvalue weighted by Gasteiger charge is 2.11. The van der Waals surface area contributed by atoms with E-state index in [-0.39, 0.29) is 5.91 Å². The molecule has 3 rings (SSSR count). The number of rotatable bonds is 5. The molecule has 0 aliphatic carbocycles. The Hall–Kier alpha value is -3.08. The van der Waals surface area contributed by atoms with Crippen LogP contribution in [0.1, 0.15) is 22.3 Å². The van der Waals surface area contributed by atoms with Gasteiger partial charge < -0.3 is 16.0 Å². The first-order valence-electron chi connectivity index (χ1n) is 7.39. The third-order valence-electron chi connectivity index (χ3n) is 3.76. The maximum absolute atomic E-state index is 12.1. The molecule has 116 valence electrons. The molecule has 1 heterocycles. The summed E-state index contributed by atoms with van der Waals surface area (Å²) in [6.07, 6.45) is 2.87. The summed E-state index contributed by atoms with van der Waals surface area (Å²) >= 11 is 0. The first kappa shape index (κ1) is 14.8. The number of nitrogens with two attached hydrogens (primary N) is 1. The van der Waals surface area contributed by atoms with Gasteiger partial charge in [-0.15, -0.1) is 0 Å². The van der Waals surface area contributed by atoms with Gasteiger partial charge in [0.25, 0.3) is 5.91 Å².